The highest BCUT2D eigenvalue weighted by atomic mass is 32.2. The fourth-order valence-electron chi connectivity index (χ4n) is 1.69. The lowest BCUT2D eigenvalue weighted by Crippen LogP contribution is -1.90. The molecule has 94 valence electrons. The monoisotopic (exact) mass is 261 g/mol. The van der Waals surface area contributed by atoms with Crippen LogP contribution in [0.2, 0.25) is 0 Å². The van der Waals surface area contributed by atoms with Crippen LogP contribution in [0.15, 0.2) is 41.3 Å². The molecular weight excluding hydrogens is 245 g/mol. The molecule has 1 nitrogen and oxygen atoms in total. The molecule has 3 heteroatoms. The van der Waals surface area contributed by atoms with E-state index in [0.717, 1.165) is 33.0 Å². The van der Waals surface area contributed by atoms with E-state index in [0.29, 0.717) is 0 Å². The van der Waals surface area contributed by atoms with Gasteiger partial charge in [-0.1, -0.05) is 6.07 Å². The first kappa shape index (κ1) is 13.0. The van der Waals surface area contributed by atoms with E-state index in [9.17, 15) is 4.39 Å². The third kappa shape index (κ3) is 3.05. The van der Waals surface area contributed by atoms with E-state index in [1.165, 1.54) is 6.07 Å². The van der Waals surface area contributed by atoms with Crippen molar-refractivity contribution >= 4 is 17.4 Å². The molecule has 0 fully saturated rings. The van der Waals surface area contributed by atoms with Crippen molar-refractivity contribution in [2.75, 3.05) is 5.73 Å². The second-order valence-electron chi connectivity index (χ2n) is 4.38. The molecule has 0 atom stereocenters. The number of aryl methyl sites for hydroxylation is 2. The minimum atomic E-state index is -0.176. The lowest BCUT2D eigenvalue weighted by atomic mass is 10.1. The summed E-state index contributed by atoms with van der Waals surface area (Å²) in [5, 5.41) is 0. The summed E-state index contributed by atoms with van der Waals surface area (Å²) in [6, 6.07) is 10.9. The summed E-state index contributed by atoms with van der Waals surface area (Å²) in [6.07, 6.45) is 0. The SMILES string of the molecule is Cc1cc(SCc2cc(F)ccc2C)ccc1N. The molecule has 0 aliphatic carbocycles. The quantitative estimate of drug-likeness (QED) is 0.658. The van der Waals surface area contributed by atoms with Gasteiger partial charge in [-0.25, -0.2) is 4.39 Å². The Hall–Kier alpha value is -1.48. The van der Waals surface area contributed by atoms with Crippen molar-refractivity contribution < 1.29 is 4.39 Å². The van der Waals surface area contributed by atoms with Gasteiger partial charge in [-0.05, 0) is 60.9 Å². The fourth-order valence-corrected chi connectivity index (χ4v) is 2.75. The van der Waals surface area contributed by atoms with Gasteiger partial charge in [0.15, 0.2) is 0 Å². The van der Waals surface area contributed by atoms with Crippen LogP contribution in [0.3, 0.4) is 0 Å². The molecule has 2 aromatic carbocycles. The first-order valence-electron chi connectivity index (χ1n) is 5.80. The van der Waals surface area contributed by atoms with Crippen LogP contribution < -0.4 is 5.73 Å². The van der Waals surface area contributed by atoms with Gasteiger partial charge in [0.2, 0.25) is 0 Å². The van der Waals surface area contributed by atoms with Crippen molar-refractivity contribution in [2.45, 2.75) is 24.5 Å². The molecular formula is C15H16FNS. The largest absolute Gasteiger partial charge is 0.399 e. The molecule has 2 N–H and O–H groups in total. The van der Waals surface area contributed by atoms with Crippen molar-refractivity contribution in [1.82, 2.24) is 0 Å². The summed E-state index contributed by atoms with van der Waals surface area (Å²) < 4.78 is 13.2. The molecule has 0 aliphatic rings. The van der Waals surface area contributed by atoms with Crippen molar-refractivity contribution in [3.63, 3.8) is 0 Å². The molecule has 0 heterocycles. The molecule has 0 unspecified atom stereocenters. The van der Waals surface area contributed by atoms with E-state index in [1.54, 1.807) is 17.8 Å². The summed E-state index contributed by atoms with van der Waals surface area (Å²) in [4.78, 5) is 1.16. The van der Waals surface area contributed by atoms with Crippen molar-refractivity contribution in [1.29, 1.82) is 0 Å². The van der Waals surface area contributed by atoms with Crippen LogP contribution in [-0.4, -0.2) is 0 Å². The van der Waals surface area contributed by atoms with Gasteiger partial charge in [-0.15, -0.1) is 11.8 Å². The topological polar surface area (TPSA) is 26.0 Å². The summed E-state index contributed by atoms with van der Waals surface area (Å²) in [6.45, 7) is 4.00. The fraction of sp³-hybridized carbons (Fsp3) is 0.200. The number of thioether (sulfide) groups is 1. The molecule has 2 rings (SSSR count). The highest BCUT2D eigenvalue weighted by molar-refractivity contribution is 7.98. The van der Waals surface area contributed by atoms with Gasteiger partial charge in [-0.3, -0.25) is 0 Å². The molecule has 2 aromatic rings. The number of rotatable bonds is 3. The summed E-state index contributed by atoms with van der Waals surface area (Å²) in [7, 11) is 0. The number of hydrogen-bond donors (Lipinski definition) is 1. The van der Waals surface area contributed by atoms with Gasteiger partial charge in [-0.2, -0.15) is 0 Å². The zero-order valence-electron chi connectivity index (χ0n) is 10.5. The van der Waals surface area contributed by atoms with Crippen LogP contribution in [0, 0.1) is 19.7 Å². The van der Waals surface area contributed by atoms with E-state index < -0.39 is 0 Å². The Labute approximate surface area is 111 Å². The zero-order valence-corrected chi connectivity index (χ0v) is 11.4. The molecule has 0 spiro atoms. The molecule has 0 aliphatic heterocycles. The normalized spacial score (nSPS) is 10.6. The van der Waals surface area contributed by atoms with Crippen molar-refractivity contribution in [3.8, 4) is 0 Å². The lowest BCUT2D eigenvalue weighted by Gasteiger charge is -2.07. The van der Waals surface area contributed by atoms with Gasteiger partial charge >= 0.3 is 0 Å². The van der Waals surface area contributed by atoms with Gasteiger partial charge in [0, 0.05) is 16.3 Å². The first-order chi connectivity index (χ1) is 8.56. The summed E-state index contributed by atoms with van der Waals surface area (Å²) >= 11 is 1.70. The highest BCUT2D eigenvalue weighted by Gasteiger charge is 2.03. The average molecular weight is 261 g/mol. The number of hydrogen-bond acceptors (Lipinski definition) is 2. The number of nitrogen functional groups attached to an aromatic ring is 1. The Balaban J connectivity index is 2.11. The Morgan fingerprint density at radius 2 is 1.83 bits per heavy atom. The second-order valence-corrected chi connectivity index (χ2v) is 5.43. The number of anilines is 1. The Bertz CT molecular complexity index is 566. The number of benzene rings is 2. The average Bonchev–Trinajstić information content (AvgIpc) is 2.34. The summed E-state index contributed by atoms with van der Waals surface area (Å²) in [5.74, 6) is 0.595. The third-order valence-corrected chi connectivity index (χ3v) is 3.99. The Kier molecular flexibility index (Phi) is 3.92. The van der Waals surface area contributed by atoms with Crippen LogP contribution >= 0.6 is 11.8 Å². The van der Waals surface area contributed by atoms with E-state index in [4.69, 9.17) is 5.73 Å². The maximum Gasteiger partial charge on any atom is 0.123 e. The lowest BCUT2D eigenvalue weighted by molar-refractivity contribution is 0.626. The van der Waals surface area contributed by atoms with Crippen LogP contribution in [0.1, 0.15) is 16.7 Å². The van der Waals surface area contributed by atoms with E-state index in [2.05, 4.69) is 6.07 Å². The van der Waals surface area contributed by atoms with Crippen LogP contribution in [0.4, 0.5) is 10.1 Å². The molecule has 0 amide bonds. The van der Waals surface area contributed by atoms with Crippen molar-refractivity contribution in [2.24, 2.45) is 0 Å². The number of halogens is 1. The Morgan fingerprint density at radius 1 is 1.06 bits per heavy atom. The minimum Gasteiger partial charge on any atom is -0.399 e. The molecule has 0 aromatic heterocycles. The molecule has 18 heavy (non-hydrogen) atoms. The third-order valence-electron chi connectivity index (χ3n) is 2.95. The predicted octanol–water partition coefficient (Wildman–Crippen LogP) is 4.32. The van der Waals surface area contributed by atoms with E-state index in [1.807, 2.05) is 32.0 Å². The maximum absolute atomic E-state index is 13.2. The predicted molar refractivity (Wildman–Crippen MR) is 76.3 cm³/mol. The van der Waals surface area contributed by atoms with Crippen LogP contribution in [0.5, 0.6) is 0 Å². The van der Waals surface area contributed by atoms with E-state index >= 15 is 0 Å². The smallest absolute Gasteiger partial charge is 0.123 e. The Morgan fingerprint density at radius 3 is 2.56 bits per heavy atom. The molecule has 0 bridgehead atoms. The first-order valence-corrected chi connectivity index (χ1v) is 6.79. The number of nitrogens with two attached hydrogens (primary N) is 1. The van der Waals surface area contributed by atoms with Gasteiger partial charge in [0.1, 0.15) is 5.82 Å². The van der Waals surface area contributed by atoms with E-state index in [-0.39, 0.29) is 5.82 Å². The maximum atomic E-state index is 13.2. The van der Waals surface area contributed by atoms with Crippen LogP contribution in [0.25, 0.3) is 0 Å². The molecule has 0 saturated carbocycles. The highest BCUT2D eigenvalue weighted by Crippen LogP contribution is 2.27. The van der Waals surface area contributed by atoms with Gasteiger partial charge in [0.25, 0.3) is 0 Å². The zero-order chi connectivity index (χ0) is 13.1. The second kappa shape index (κ2) is 5.44. The minimum absolute atomic E-state index is 0.176. The summed E-state index contributed by atoms with van der Waals surface area (Å²) in [5.41, 5.74) is 9.83. The van der Waals surface area contributed by atoms with Crippen LogP contribution in [-0.2, 0) is 5.75 Å². The molecule has 0 saturated heterocycles. The van der Waals surface area contributed by atoms with Gasteiger partial charge < -0.3 is 5.73 Å². The van der Waals surface area contributed by atoms with Gasteiger partial charge in [0.05, 0.1) is 0 Å². The van der Waals surface area contributed by atoms with Crippen molar-refractivity contribution in [3.05, 3.63) is 58.9 Å². The standard InChI is InChI=1S/C15H16FNS/c1-10-3-4-13(16)8-12(10)9-18-14-5-6-15(17)11(2)7-14/h3-8H,9,17H2,1-2H3. The molecule has 0 radical (unpaired) electrons.